The quantitative estimate of drug-likeness (QED) is 0.271. The Morgan fingerprint density at radius 2 is 1.60 bits per heavy atom. The number of methoxy groups -OCH3 is 1. The second-order valence-electron chi connectivity index (χ2n) is 9.24. The zero-order valence-electron chi connectivity index (χ0n) is 21.5. The maximum atomic E-state index is 13.7. The first-order valence-electron chi connectivity index (χ1n) is 12.5. The number of rotatable bonds is 8. The molecule has 0 bridgehead atoms. The minimum absolute atomic E-state index is 0.0926. The van der Waals surface area contributed by atoms with Crippen LogP contribution in [0.25, 0.3) is 0 Å². The third kappa shape index (κ3) is 5.11. The van der Waals surface area contributed by atoms with Crippen molar-refractivity contribution in [1.29, 1.82) is 0 Å². The van der Waals surface area contributed by atoms with E-state index in [2.05, 4.69) is 5.32 Å². The maximum absolute atomic E-state index is 13.7. The Balaban J connectivity index is 1.72. The highest BCUT2D eigenvalue weighted by molar-refractivity contribution is 6.36. The summed E-state index contributed by atoms with van der Waals surface area (Å²) in [6, 6.07) is 28.2. The number of amides is 1. The summed E-state index contributed by atoms with van der Waals surface area (Å²) in [5.41, 5.74) is 0.789. The van der Waals surface area contributed by atoms with Gasteiger partial charge in [0.25, 0.3) is 0 Å². The highest BCUT2D eigenvalue weighted by Crippen LogP contribution is 2.43. The molecule has 0 aromatic heterocycles. The number of fused-ring (bicyclic) bond motifs is 1. The molecule has 1 heterocycles. The zero-order chi connectivity index (χ0) is 28.3. The van der Waals surface area contributed by atoms with Gasteiger partial charge in [-0.3, -0.25) is 10.1 Å². The van der Waals surface area contributed by atoms with E-state index in [4.69, 9.17) is 32.7 Å². The molecular formula is C31H26Cl2N2O5. The topological polar surface area (TPSA) is 88.1 Å². The summed E-state index contributed by atoms with van der Waals surface area (Å²) in [5, 5.41) is 14.8. The molecule has 0 saturated heterocycles. The normalized spacial score (nSPS) is 17.5. The first kappa shape index (κ1) is 27.5. The van der Waals surface area contributed by atoms with Crippen molar-refractivity contribution in [3.05, 3.63) is 124 Å². The highest BCUT2D eigenvalue weighted by Gasteiger charge is 2.51. The molecule has 1 aliphatic heterocycles. The van der Waals surface area contributed by atoms with Crippen LogP contribution in [0.1, 0.15) is 16.7 Å². The van der Waals surface area contributed by atoms with Gasteiger partial charge in [0, 0.05) is 32.9 Å². The van der Waals surface area contributed by atoms with Gasteiger partial charge < -0.3 is 19.5 Å². The molecule has 0 radical (unpaired) electrons. The summed E-state index contributed by atoms with van der Waals surface area (Å²) in [6.45, 7) is -0.0910. The molecule has 1 amide bonds. The van der Waals surface area contributed by atoms with Gasteiger partial charge in [-0.25, -0.2) is 4.79 Å². The van der Waals surface area contributed by atoms with Crippen molar-refractivity contribution in [1.82, 2.24) is 5.32 Å². The van der Waals surface area contributed by atoms with Crippen LogP contribution in [-0.4, -0.2) is 36.7 Å². The molecule has 40 heavy (non-hydrogen) atoms. The molecule has 2 N–H and O–H groups in total. The number of benzene rings is 4. The Kier molecular flexibility index (Phi) is 7.98. The first-order chi connectivity index (χ1) is 19.3. The van der Waals surface area contributed by atoms with Crippen LogP contribution >= 0.6 is 23.2 Å². The van der Waals surface area contributed by atoms with Crippen molar-refractivity contribution in [2.45, 2.75) is 18.2 Å². The third-order valence-corrected chi connectivity index (χ3v) is 7.67. The molecule has 0 spiro atoms. The minimum Gasteiger partial charge on any atom is -0.497 e. The third-order valence-electron chi connectivity index (χ3n) is 6.96. The lowest BCUT2D eigenvalue weighted by Crippen LogP contribution is -2.58. The number of carboxylic acids is 1. The molecule has 1 aliphatic rings. The molecule has 0 fully saturated rings. The van der Waals surface area contributed by atoms with Gasteiger partial charge in [-0.15, -0.1) is 0 Å². The lowest BCUT2D eigenvalue weighted by molar-refractivity contribution is -0.149. The molecule has 0 saturated carbocycles. The monoisotopic (exact) mass is 576 g/mol. The van der Waals surface area contributed by atoms with Crippen molar-refractivity contribution in [2.24, 2.45) is 0 Å². The molecular weight excluding hydrogens is 551 g/mol. The maximum Gasteiger partial charge on any atom is 0.347 e. The Bertz CT molecular complexity index is 1530. The van der Waals surface area contributed by atoms with Gasteiger partial charge in [-0.05, 0) is 35.9 Å². The van der Waals surface area contributed by atoms with Crippen molar-refractivity contribution >= 4 is 40.8 Å². The fourth-order valence-corrected chi connectivity index (χ4v) is 5.59. The van der Waals surface area contributed by atoms with E-state index >= 15 is 0 Å². The fourth-order valence-electron chi connectivity index (χ4n) is 5.08. The fraction of sp³-hybridized carbons (Fsp3) is 0.161. The van der Waals surface area contributed by atoms with Crippen LogP contribution in [0.3, 0.4) is 0 Å². The lowest BCUT2D eigenvalue weighted by Gasteiger charge is -2.40. The van der Waals surface area contributed by atoms with Gasteiger partial charge in [-0.2, -0.15) is 0 Å². The van der Waals surface area contributed by atoms with Crippen LogP contribution in [-0.2, 0) is 21.7 Å². The van der Waals surface area contributed by atoms with Crippen molar-refractivity contribution in [3.63, 3.8) is 0 Å². The number of hydrogen-bond donors (Lipinski definition) is 2. The number of nitrogens with one attached hydrogen (secondary N) is 1. The lowest BCUT2D eigenvalue weighted by atomic mass is 9.77. The molecule has 0 unspecified atom stereocenters. The summed E-state index contributed by atoms with van der Waals surface area (Å²) < 4.78 is 11.6. The number of halogens is 2. The van der Waals surface area contributed by atoms with Crippen LogP contribution in [0.5, 0.6) is 11.5 Å². The van der Waals surface area contributed by atoms with E-state index in [9.17, 15) is 14.7 Å². The van der Waals surface area contributed by atoms with E-state index in [1.165, 1.54) is 7.11 Å². The smallest absolute Gasteiger partial charge is 0.347 e. The van der Waals surface area contributed by atoms with Crippen LogP contribution in [0.2, 0.25) is 10.0 Å². The van der Waals surface area contributed by atoms with Gasteiger partial charge in [0.05, 0.1) is 20.2 Å². The summed E-state index contributed by atoms with van der Waals surface area (Å²) in [6.07, 6.45) is -1.49. The zero-order valence-corrected chi connectivity index (χ0v) is 23.0. The molecule has 4 aromatic rings. The number of aliphatic carboxylic acids is 1. The highest BCUT2D eigenvalue weighted by atomic mass is 35.5. The Labute approximate surface area is 241 Å². The van der Waals surface area contributed by atoms with Gasteiger partial charge in [0.1, 0.15) is 17.0 Å². The van der Waals surface area contributed by atoms with E-state index in [1.54, 1.807) is 71.6 Å². The number of para-hydroxylation sites is 1. The summed E-state index contributed by atoms with van der Waals surface area (Å²) in [5.74, 6) is -0.685. The Morgan fingerprint density at radius 1 is 0.950 bits per heavy atom. The Morgan fingerprint density at radius 3 is 2.30 bits per heavy atom. The molecule has 0 aliphatic carbocycles. The van der Waals surface area contributed by atoms with Crippen molar-refractivity contribution in [3.8, 4) is 11.5 Å². The van der Waals surface area contributed by atoms with Crippen molar-refractivity contribution < 1.29 is 24.2 Å². The van der Waals surface area contributed by atoms with Crippen LogP contribution in [0.4, 0.5) is 5.69 Å². The molecule has 9 heteroatoms. The number of carbonyl (C=O) groups is 2. The van der Waals surface area contributed by atoms with E-state index in [-0.39, 0.29) is 19.0 Å². The molecule has 7 nitrogen and oxygen atoms in total. The molecule has 4 aromatic carbocycles. The number of hydrogen-bond acceptors (Lipinski definition) is 5. The van der Waals surface area contributed by atoms with E-state index in [0.717, 1.165) is 0 Å². The summed E-state index contributed by atoms with van der Waals surface area (Å²) in [4.78, 5) is 28.4. The number of carbonyl (C=O) groups excluding carboxylic acids is 1. The second kappa shape index (κ2) is 11.6. The van der Waals surface area contributed by atoms with Gasteiger partial charge in [0.2, 0.25) is 12.0 Å². The summed E-state index contributed by atoms with van der Waals surface area (Å²) >= 11 is 13.0. The predicted molar refractivity (Wildman–Crippen MR) is 154 cm³/mol. The minimum atomic E-state index is -1.49. The second-order valence-corrected chi connectivity index (χ2v) is 10.1. The largest absolute Gasteiger partial charge is 0.497 e. The van der Waals surface area contributed by atoms with Gasteiger partial charge >= 0.3 is 5.97 Å². The standard InChI is InChI=1S/C31H26Cl2N2O5/c1-39-21-11-7-12-22(17-21)40-29(30(37)38)31(20-9-3-2-4-10-20)24-13-5-6-16-27(24)35(28(36)18-34-31)19-23-25(32)14-8-15-26(23)33/h2-17,29,34H,18-19H2,1H3,(H,37,38)/t29-,31+/m1/s1. The van der Waals surface area contributed by atoms with Crippen LogP contribution in [0, 0.1) is 0 Å². The number of carboxylic acid groups (broad SMARTS) is 1. The predicted octanol–water partition coefficient (Wildman–Crippen LogP) is 5.91. The molecule has 2 atom stereocenters. The SMILES string of the molecule is COc1cccc(O[C@H](C(=O)O)[C@@]2(c3ccccc3)NCC(=O)N(Cc3c(Cl)cccc3Cl)c3ccccc32)c1. The van der Waals surface area contributed by atoms with E-state index < -0.39 is 17.6 Å². The average Bonchev–Trinajstić information content (AvgIpc) is 3.09. The van der Waals surface area contributed by atoms with Gasteiger partial charge in [-0.1, -0.05) is 83.9 Å². The average molecular weight is 577 g/mol. The number of anilines is 1. The molecule has 5 rings (SSSR count). The van der Waals surface area contributed by atoms with Crippen LogP contribution in [0.15, 0.2) is 97.1 Å². The van der Waals surface area contributed by atoms with E-state index in [1.807, 2.05) is 30.3 Å². The van der Waals surface area contributed by atoms with Gasteiger partial charge in [0.15, 0.2) is 0 Å². The first-order valence-corrected chi connectivity index (χ1v) is 13.3. The van der Waals surface area contributed by atoms with Crippen molar-refractivity contribution in [2.75, 3.05) is 18.6 Å². The number of ether oxygens (including phenoxy) is 2. The number of nitrogens with zero attached hydrogens (tertiary/aromatic N) is 1. The van der Waals surface area contributed by atoms with Crippen LogP contribution < -0.4 is 19.7 Å². The van der Waals surface area contributed by atoms with E-state index in [0.29, 0.717) is 43.9 Å². The Hall–Kier alpha value is -4.04. The molecule has 204 valence electrons. The summed E-state index contributed by atoms with van der Waals surface area (Å²) in [7, 11) is 1.52.